The summed E-state index contributed by atoms with van der Waals surface area (Å²) in [5.41, 5.74) is 0.591. The number of carbonyl (C=O) groups excluding carboxylic acids is 2. The summed E-state index contributed by atoms with van der Waals surface area (Å²) in [5, 5.41) is 12.8. The van der Waals surface area contributed by atoms with Gasteiger partial charge in [-0.15, -0.1) is 11.3 Å². The van der Waals surface area contributed by atoms with Crippen molar-refractivity contribution >= 4 is 28.8 Å². The van der Waals surface area contributed by atoms with Gasteiger partial charge in [-0.2, -0.15) is 0 Å². The molecule has 2 atom stereocenters. The Morgan fingerprint density at radius 1 is 1.29 bits per heavy atom. The number of hydrogen-bond donors (Lipinski definition) is 1. The van der Waals surface area contributed by atoms with E-state index in [1.165, 1.54) is 11.3 Å². The first-order chi connectivity index (χ1) is 13.6. The Morgan fingerprint density at radius 3 is 2.68 bits per heavy atom. The SMILES string of the molecule is COc1ccc(C(O)=C2C(=O)C(=O)N(C[C@@H]3CCCO3)[C@@H]2c2cccs2)cc1. The summed E-state index contributed by atoms with van der Waals surface area (Å²) in [4.78, 5) is 28.0. The first-order valence-electron chi connectivity index (χ1n) is 9.18. The highest BCUT2D eigenvalue weighted by Crippen LogP contribution is 2.41. The lowest BCUT2D eigenvalue weighted by Gasteiger charge is -2.26. The molecule has 6 nitrogen and oxygen atoms in total. The van der Waals surface area contributed by atoms with Crippen molar-refractivity contribution in [2.75, 3.05) is 20.3 Å². The summed E-state index contributed by atoms with van der Waals surface area (Å²) in [6, 6.07) is 9.91. The fourth-order valence-electron chi connectivity index (χ4n) is 3.72. The molecule has 0 bridgehead atoms. The molecule has 2 aliphatic heterocycles. The number of Topliss-reactive ketones (excluding diaryl/α,β-unsaturated/α-hetero) is 1. The third kappa shape index (κ3) is 3.31. The van der Waals surface area contributed by atoms with E-state index in [9.17, 15) is 14.7 Å². The quantitative estimate of drug-likeness (QED) is 0.474. The molecular weight excluding hydrogens is 378 g/mol. The van der Waals surface area contributed by atoms with E-state index < -0.39 is 17.7 Å². The monoisotopic (exact) mass is 399 g/mol. The number of thiophene rings is 1. The second kappa shape index (κ2) is 7.77. The minimum absolute atomic E-state index is 0.0818. The molecule has 3 heterocycles. The van der Waals surface area contributed by atoms with Gasteiger partial charge in [0.25, 0.3) is 11.7 Å². The fraction of sp³-hybridized carbons (Fsp3) is 0.333. The zero-order valence-electron chi connectivity index (χ0n) is 15.5. The topological polar surface area (TPSA) is 76.1 Å². The van der Waals surface area contributed by atoms with Crippen molar-refractivity contribution in [3.63, 3.8) is 0 Å². The Bertz CT molecular complexity index is 897. The number of ether oxygens (including phenoxy) is 2. The van der Waals surface area contributed by atoms with Crippen LogP contribution in [0.5, 0.6) is 5.75 Å². The number of likely N-dealkylation sites (tertiary alicyclic amines) is 1. The largest absolute Gasteiger partial charge is 0.507 e. The molecule has 4 rings (SSSR count). The van der Waals surface area contributed by atoms with Crippen LogP contribution in [0.4, 0.5) is 0 Å². The maximum Gasteiger partial charge on any atom is 0.295 e. The summed E-state index contributed by atoms with van der Waals surface area (Å²) in [6.45, 7) is 1.01. The van der Waals surface area contributed by atoms with Crippen LogP contribution in [0.1, 0.15) is 29.3 Å². The van der Waals surface area contributed by atoms with Crippen molar-refractivity contribution in [2.24, 2.45) is 0 Å². The Balaban J connectivity index is 1.76. The molecular formula is C21H21NO5S. The number of benzene rings is 1. The van der Waals surface area contributed by atoms with Gasteiger partial charge in [-0.1, -0.05) is 6.07 Å². The van der Waals surface area contributed by atoms with Crippen LogP contribution in [-0.2, 0) is 14.3 Å². The van der Waals surface area contributed by atoms with Crippen LogP contribution in [0.15, 0.2) is 47.4 Å². The predicted octanol–water partition coefficient (Wildman–Crippen LogP) is 3.36. The predicted molar refractivity (Wildman–Crippen MR) is 105 cm³/mol. The third-order valence-corrected chi connectivity index (χ3v) is 6.07. The fourth-order valence-corrected chi connectivity index (χ4v) is 4.57. The van der Waals surface area contributed by atoms with E-state index in [-0.39, 0.29) is 17.4 Å². The van der Waals surface area contributed by atoms with Crippen LogP contribution in [0, 0.1) is 0 Å². The van der Waals surface area contributed by atoms with Gasteiger partial charge in [0.1, 0.15) is 11.5 Å². The van der Waals surface area contributed by atoms with Gasteiger partial charge >= 0.3 is 0 Å². The van der Waals surface area contributed by atoms with Crippen LogP contribution in [0.2, 0.25) is 0 Å². The number of rotatable bonds is 5. The van der Waals surface area contributed by atoms with Crippen molar-refractivity contribution in [1.82, 2.24) is 4.90 Å². The lowest BCUT2D eigenvalue weighted by Crippen LogP contribution is -2.36. The highest BCUT2D eigenvalue weighted by Gasteiger charge is 2.47. The van der Waals surface area contributed by atoms with E-state index in [4.69, 9.17) is 9.47 Å². The molecule has 7 heteroatoms. The highest BCUT2D eigenvalue weighted by atomic mass is 32.1. The van der Waals surface area contributed by atoms with Crippen molar-refractivity contribution in [3.05, 3.63) is 57.8 Å². The molecule has 146 valence electrons. The molecule has 0 unspecified atom stereocenters. The van der Waals surface area contributed by atoms with E-state index in [1.54, 1.807) is 36.3 Å². The second-order valence-corrected chi connectivity index (χ2v) is 7.81. The molecule has 2 aliphatic rings. The zero-order valence-corrected chi connectivity index (χ0v) is 16.3. The van der Waals surface area contributed by atoms with Crippen molar-refractivity contribution < 1.29 is 24.2 Å². The van der Waals surface area contributed by atoms with E-state index in [0.717, 1.165) is 17.7 Å². The summed E-state index contributed by atoms with van der Waals surface area (Å²) in [7, 11) is 1.56. The van der Waals surface area contributed by atoms with Crippen LogP contribution in [-0.4, -0.2) is 48.1 Å². The molecule has 0 saturated carbocycles. The van der Waals surface area contributed by atoms with E-state index in [1.807, 2.05) is 17.5 Å². The van der Waals surface area contributed by atoms with Gasteiger partial charge in [0.2, 0.25) is 0 Å². The number of nitrogens with zero attached hydrogens (tertiary/aromatic N) is 1. The molecule has 28 heavy (non-hydrogen) atoms. The van der Waals surface area contributed by atoms with Crippen LogP contribution < -0.4 is 4.74 Å². The Labute approximate surface area is 167 Å². The maximum atomic E-state index is 12.9. The Kier molecular flexibility index (Phi) is 5.19. The van der Waals surface area contributed by atoms with Crippen LogP contribution in [0.3, 0.4) is 0 Å². The van der Waals surface area contributed by atoms with Gasteiger partial charge in [-0.3, -0.25) is 9.59 Å². The summed E-state index contributed by atoms with van der Waals surface area (Å²) in [6.07, 6.45) is 1.73. The Morgan fingerprint density at radius 2 is 2.07 bits per heavy atom. The van der Waals surface area contributed by atoms with Crippen LogP contribution >= 0.6 is 11.3 Å². The number of carbonyl (C=O) groups is 2. The molecule has 1 amide bonds. The lowest BCUT2D eigenvalue weighted by atomic mass is 9.99. The minimum Gasteiger partial charge on any atom is -0.507 e. The molecule has 0 radical (unpaired) electrons. The standard InChI is InChI=1S/C21H21NO5S/c1-26-14-8-6-13(7-9-14)19(23)17-18(16-5-3-11-28-16)22(21(25)20(17)24)12-15-4-2-10-27-15/h3,5-9,11,15,18,23H,2,4,10,12H2,1H3/t15-,18+/m0/s1. The van der Waals surface area contributed by atoms with Crippen LogP contribution in [0.25, 0.3) is 5.76 Å². The number of aliphatic hydroxyl groups excluding tert-OH is 1. The average molecular weight is 399 g/mol. The normalized spacial score (nSPS) is 24.1. The zero-order chi connectivity index (χ0) is 19.7. The van der Waals surface area contributed by atoms with E-state index in [0.29, 0.717) is 24.5 Å². The molecule has 2 fully saturated rings. The Hall–Kier alpha value is -2.64. The third-order valence-electron chi connectivity index (χ3n) is 5.14. The first kappa shape index (κ1) is 18.7. The van der Waals surface area contributed by atoms with Gasteiger partial charge in [0.15, 0.2) is 0 Å². The van der Waals surface area contributed by atoms with Crippen molar-refractivity contribution in [3.8, 4) is 5.75 Å². The molecule has 0 aliphatic carbocycles. The van der Waals surface area contributed by atoms with Gasteiger partial charge < -0.3 is 19.5 Å². The van der Waals surface area contributed by atoms with Gasteiger partial charge in [0, 0.05) is 23.6 Å². The summed E-state index contributed by atoms with van der Waals surface area (Å²) >= 11 is 1.46. The van der Waals surface area contributed by atoms with E-state index >= 15 is 0 Å². The smallest absolute Gasteiger partial charge is 0.295 e. The van der Waals surface area contributed by atoms with Crippen molar-refractivity contribution in [2.45, 2.75) is 25.0 Å². The molecule has 0 spiro atoms. The van der Waals surface area contributed by atoms with Crippen molar-refractivity contribution in [1.29, 1.82) is 0 Å². The number of ketones is 1. The summed E-state index contributed by atoms with van der Waals surface area (Å²) in [5.74, 6) is -0.784. The summed E-state index contributed by atoms with van der Waals surface area (Å²) < 4.78 is 10.8. The number of aliphatic hydroxyl groups is 1. The first-order valence-corrected chi connectivity index (χ1v) is 10.1. The molecule has 1 N–H and O–H groups in total. The second-order valence-electron chi connectivity index (χ2n) is 6.83. The average Bonchev–Trinajstić information content (AvgIpc) is 3.46. The number of hydrogen-bond acceptors (Lipinski definition) is 6. The molecule has 1 aromatic carbocycles. The molecule has 2 aromatic rings. The molecule has 1 aromatic heterocycles. The number of amides is 1. The highest BCUT2D eigenvalue weighted by molar-refractivity contribution is 7.10. The maximum absolute atomic E-state index is 12.9. The number of methoxy groups -OCH3 is 1. The van der Waals surface area contributed by atoms with Gasteiger partial charge in [-0.05, 0) is 48.6 Å². The molecule has 2 saturated heterocycles. The van der Waals surface area contributed by atoms with E-state index in [2.05, 4.69) is 0 Å². The van der Waals surface area contributed by atoms with Gasteiger partial charge in [-0.25, -0.2) is 0 Å². The minimum atomic E-state index is -0.662. The lowest BCUT2D eigenvalue weighted by molar-refractivity contribution is -0.140. The van der Waals surface area contributed by atoms with Gasteiger partial charge in [0.05, 0.1) is 24.8 Å².